The molecule has 2 aromatic rings. The predicted molar refractivity (Wildman–Crippen MR) is 101 cm³/mol. The van der Waals surface area contributed by atoms with E-state index in [0.717, 1.165) is 36.9 Å². The van der Waals surface area contributed by atoms with E-state index in [-0.39, 0.29) is 24.0 Å². The fourth-order valence-corrected chi connectivity index (χ4v) is 3.89. The minimum atomic E-state index is -0.445. The van der Waals surface area contributed by atoms with Gasteiger partial charge < -0.3 is 4.57 Å². The summed E-state index contributed by atoms with van der Waals surface area (Å²) in [4.78, 5) is 45.6. The molecular formula is C22H24FNO5. The van der Waals surface area contributed by atoms with Gasteiger partial charge in [-0.15, -0.1) is 0 Å². The molecule has 6 nitrogen and oxygen atoms in total. The lowest BCUT2D eigenvalue weighted by Gasteiger charge is -2.40. The molecule has 1 saturated carbocycles. The molecule has 1 aliphatic rings. The van der Waals surface area contributed by atoms with E-state index in [2.05, 4.69) is 4.57 Å². The number of aromatic nitrogens is 1. The van der Waals surface area contributed by atoms with Crippen LogP contribution in [-0.2, 0) is 29.5 Å². The summed E-state index contributed by atoms with van der Waals surface area (Å²) in [5, 5.41) is 0. The number of ketones is 1. The number of Topliss-reactive ketones (excluding diaryl/α,β-unsaturated/α-hetero) is 1. The van der Waals surface area contributed by atoms with Crippen LogP contribution in [0.2, 0.25) is 0 Å². The zero-order valence-electron chi connectivity index (χ0n) is 16.5. The monoisotopic (exact) mass is 401 g/mol. The molecule has 0 bridgehead atoms. The van der Waals surface area contributed by atoms with E-state index in [0.29, 0.717) is 5.78 Å². The molecule has 1 aromatic carbocycles. The van der Waals surface area contributed by atoms with Crippen molar-refractivity contribution in [1.29, 1.82) is 0 Å². The molecule has 154 valence electrons. The van der Waals surface area contributed by atoms with Crippen molar-refractivity contribution in [1.82, 2.24) is 4.57 Å². The summed E-state index contributed by atoms with van der Waals surface area (Å²) in [5.74, 6) is 0.0887. The van der Waals surface area contributed by atoms with Crippen molar-refractivity contribution >= 4 is 18.1 Å². The molecule has 0 N–H and O–H groups in total. The molecule has 0 radical (unpaired) electrons. The predicted octanol–water partition coefficient (Wildman–Crippen LogP) is 4.01. The van der Waals surface area contributed by atoms with Gasteiger partial charge in [0.15, 0.2) is 5.78 Å². The van der Waals surface area contributed by atoms with Crippen LogP contribution in [0.25, 0.3) is 11.3 Å². The fourth-order valence-electron chi connectivity index (χ4n) is 3.89. The van der Waals surface area contributed by atoms with E-state index in [1.54, 1.807) is 12.1 Å². The summed E-state index contributed by atoms with van der Waals surface area (Å²) in [6, 6.07) is 10.5. The van der Waals surface area contributed by atoms with Gasteiger partial charge in [-0.1, -0.05) is 33.1 Å². The lowest BCUT2D eigenvalue weighted by Crippen LogP contribution is -2.45. The maximum absolute atomic E-state index is 13.2. The van der Waals surface area contributed by atoms with Gasteiger partial charge >= 0.3 is 12.3 Å². The normalized spacial score (nSPS) is 14.3. The number of benzene rings is 1. The van der Waals surface area contributed by atoms with E-state index in [1.807, 2.05) is 32.2 Å². The Kier molecular flexibility index (Phi) is 9.60. The molecule has 1 aliphatic carbocycles. The maximum Gasteiger partial charge on any atom is 0.373 e. The highest BCUT2D eigenvalue weighted by molar-refractivity contribution is 5.89. The first-order valence-corrected chi connectivity index (χ1v) is 9.34. The summed E-state index contributed by atoms with van der Waals surface area (Å²) >= 11 is 0. The lowest BCUT2D eigenvalue weighted by atomic mass is 9.75. The van der Waals surface area contributed by atoms with Crippen molar-refractivity contribution in [3.63, 3.8) is 0 Å². The summed E-state index contributed by atoms with van der Waals surface area (Å²) < 4.78 is 15.4. The Morgan fingerprint density at radius 1 is 0.966 bits per heavy atom. The highest BCUT2D eigenvalue weighted by Crippen LogP contribution is 2.40. The van der Waals surface area contributed by atoms with Gasteiger partial charge in [-0.25, -0.2) is 4.39 Å². The van der Waals surface area contributed by atoms with E-state index < -0.39 is 5.54 Å². The second-order valence-corrected chi connectivity index (χ2v) is 7.05. The van der Waals surface area contributed by atoms with E-state index in [1.165, 1.54) is 18.6 Å². The molecule has 1 heterocycles. The van der Waals surface area contributed by atoms with Gasteiger partial charge in [0, 0.05) is 17.8 Å². The van der Waals surface area contributed by atoms with Gasteiger partial charge in [0.1, 0.15) is 11.4 Å². The molecule has 0 amide bonds. The standard InChI is InChI=1S/C20H24FNO.2CO2/c1-15(2)19(23)20(12-4-3-5-13-20)22-14-6-7-18(22)16-8-10-17(21)11-9-16;2*2-1-3/h6-11,14-15H,3-5,12-13H2,1-2H3;;. The number of carbonyl (C=O) groups excluding carboxylic acids is 5. The second kappa shape index (κ2) is 11.6. The Morgan fingerprint density at radius 3 is 1.97 bits per heavy atom. The minimum Gasteiger partial charge on any atom is -0.334 e. The fraction of sp³-hybridized carbons (Fsp3) is 0.409. The highest BCUT2D eigenvalue weighted by atomic mass is 19.1. The minimum absolute atomic E-state index is 0.0107. The molecule has 0 atom stereocenters. The molecule has 1 fully saturated rings. The number of rotatable bonds is 4. The van der Waals surface area contributed by atoms with Gasteiger partial charge in [-0.2, -0.15) is 19.2 Å². The van der Waals surface area contributed by atoms with Crippen LogP contribution in [0, 0.1) is 11.7 Å². The third-order valence-electron chi connectivity index (χ3n) is 5.01. The van der Waals surface area contributed by atoms with Crippen molar-refractivity contribution in [3.8, 4) is 11.3 Å². The van der Waals surface area contributed by atoms with Gasteiger partial charge in [0.05, 0.1) is 0 Å². The van der Waals surface area contributed by atoms with Gasteiger partial charge in [0.2, 0.25) is 0 Å². The molecule has 7 heteroatoms. The molecule has 0 unspecified atom stereocenters. The molecule has 1 aromatic heterocycles. The molecule has 0 aliphatic heterocycles. The third-order valence-corrected chi connectivity index (χ3v) is 5.01. The van der Waals surface area contributed by atoms with E-state index >= 15 is 0 Å². The van der Waals surface area contributed by atoms with Crippen molar-refractivity contribution < 1.29 is 28.4 Å². The topological polar surface area (TPSA) is 90.3 Å². The van der Waals surface area contributed by atoms with Crippen LogP contribution in [0.1, 0.15) is 46.0 Å². The smallest absolute Gasteiger partial charge is 0.334 e. The van der Waals surface area contributed by atoms with Gasteiger partial charge in [-0.3, -0.25) is 4.79 Å². The average molecular weight is 401 g/mol. The Hall–Kier alpha value is -3.14. The summed E-state index contributed by atoms with van der Waals surface area (Å²) in [5.41, 5.74) is 1.51. The zero-order chi connectivity index (χ0) is 21.9. The highest BCUT2D eigenvalue weighted by Gasteiger charge is 2.42. The van der Waals surface area contributed by atoms with Crippen molar-refractivity contribution in [2.24, 2.45) is 5.92 Å². The molecular weight excluding hydrogens is 377 g/mol. The maximum atomic E-state index is 13.2. The van der Waals surface area contributed by atoms with Crippen LogP contribution in [0.3, 0.4) is 0 Å². The Bertz CT molecular complexity index is 840. The van der Waals surface area contributed by atoms with Crippen molar-refractivity contribution in [3.05, 3.63) is 48.4 Å². The van der Waals surface area contributed by atoms with E-state index in [4.69, 9.17) is 19.2 Å². The van der Waals surface area contributed by atoms with Crippen LogP contribution in [-0.4, -0.2) is 22.7 Å². The first-order valence-electron chi connectivity index (χ1n) is 9.34. The van der Waals surface area contributed by atoms with Crippen LogP contribution < -0.4 is 0 Å². The Balaban J connectivity index is 0.000000626. The summed E-state index contributed by atoms with van der Waals surface area (Å²) in [6.07, 6.45) is 7.67. The van der Waals surface area contributed by atoms with Gasteiger partial charge in [0.25, 0.3) is 0 Å². The zero-order valence-corrected chi connectivity index (χ0v) is 16.5. The number of nitrogens with zero attached hydrogens (tertiary/aromatic N) is 1. The van der Waals surface area contributed by atoms with Crippen molar-refractivity contribution in [2.75, 3.05) is 0 Å². The third kappa shape index (κ3) is 5.92. The number of hydrogen-bond acceptors (Lipinski definition) is 5. The average Bonchev–Trinajstić information content (AvgIpc) is 3.20. The van der Waals surface area contributed by atoms with Crippen LogP contribution >= 0.6 is 0 Å². The van der Waals surface area contributed by atoms with E-state index in [9.17, 15) is 9.18 Å². The number of hydrogen-bond donors (Lipinski definition) is 0. The first-order chi connectivity index (χ1) is 13.9. The number of halogens is 1. The molecule has 29 heavy (non-hydrogen) atoms. The quantitative estimate of drug-likeness (QED) is 0.772. The lowest BCUT2D eigenvalue weighted by molar-refractivity contribution is -0.193. The first kappa shape index (κ1) is 23.9. The summed E-state index contributed by atoms with van der Waals surface area (Å²) in [7, 11) is 0. The SMILES string of the molecule is CC(C)C(=O)C1(n2cccc2-c2ccc(F)cc2)CCCCC1.O=C=O.O=C=O. The largest absolute Gasteiger partial charge is 0.373 e. The van der Waals surface area contributed by atoms with Crippen LogP contribution in [0.5, 0.6) is 0 Å². The molecule has 0 spiro atoms. The second-order valence-electron chi connectivity index (χ2n) is 7.05. The Morgan fingerprint density at radius 2 is 1.48 bits per heavy atom. The number of carbonyl (C=O) groups is 1. The van der Waals surface area contributed by atoms with Crippen LogP contribution in [0.15, 0.2) is 42.6 Å². The van der Waals surface area contributed by atoms with Gasteiger partial charge in [-0.05, 0) is 54.8 Å². The molecule has 0 saturated heterocycles. The van der Waals surface area contributed by atoms with Crippen LogP contribution in [0.4, 0.5) is 4.39 Å². The summed E-state index contributed by atoms with van der Waals surface area (Å²) in [6.45, 7) is 3.97. The van der Waals surface area contributed by atoms with Crippen molar-refractivity contribution in [2.45, 2.75) is 51.5 Å². The Labute approximate surface area is 168 Å². The molecule has 3 rings (SSSR count).